The van der Waals surface area contributed by atoms with Gasteiger partial charge in [0.1, 0.15) is 11.7 Å². The van der Waals surface area contributed by atoms with Crippen LogP contribution < -0.4 is 21.6 Å². The van der Waals surface area contributed by atoms with Crippen molar-refractivity contribution in [1.29, 1.82) is 0 Å². The van der Waals surface area contributed by atoms with E-state index in [-0.39, 0.29) is 24.1 Å². The van der Waals surface area contributed by atoms with Gasteiger partial charge >= 0.3 is 5.69 Å². The number of nitrogens with zero attached hydrogens (tertiary/aromatic N) is 5. The lowest BCUT2D eigenvalue weighted by molar-refractivity contribution is -0.135. The summed E-state index contributed by atoms with van der Waals surface area (Å²) in [6, 6.07) is 14.4. The van der Waals surface area contributed by atoms with Crippen molar-refractivity contribution >= 4 is 39.8 Å². The number of ether oxygens (including phenoxy) is 1. The molecule has 2 amide bonds. The van der Waals surface area contributed by atoms with E-state index in [1.807, 2.05) is 24.4 Å². The first-order valence-corrected chi connectivity index (χ1v) is 21.0. The Balaban J connectivity index is 0.816. The number of nitrogens with one attached hydrogen (secondary N) is 3. The number of carbonyl (C=O) groups is 2. The number of hydrogen-bond donors (Lipinski definition) is 4. The first kappa shape index (κ1) is 40.4. The lowest BCUT2D eigenvalue weighted by atomic mass is 9.93. The summed E-state index contributed by atoms with van der Waals surface area (Å²) in [6.45, 7) is 6.24. The molecule has 1 atom stereocenters. The van der Waals surface area contributed by atoms with Crippen molar-refractivity contribution in [2.45, 2.75) is 115 Å². The smallest absolute Gasteiger partial charge is 0.329 e. The number of hydrogen-bond acceptors (Lipinski definition) is 9. The predicted octanol–water partition coefficient (Wildman–Crippen LogP) is 6.33. The summed E-state index contributed by atoms with van der Waals surface area (Å²) >= 11 is 0. The molecule has 7 rings (SSSR count). The number of aryl methyl sites for hydroxylation is 2. The highest BCUT2D eigenvalue weighted by molar-refractivity contribution is 6.00. The second kappa shape index (κ2) is 19.1. The van der Waals surface area contributed by atoms with Crippen molar-refractivity contribution in [3.8, 4) is 11.1 Å². The van der Waals surface area contributed by atoms with Gasteiger partial charge in [-0.3, -0.25) is 24.0 Å². The number of aliphatic hydroxyl groups excluding tert-OH is 1. The van der Waals surface area contributed by atoms with Crippen molar-refractivity contribution in [2.75, 3.05) is 31.6 Å². The van der Waals surface area contributed by atoms with Crippen molar-refractivity contribution < 1.29 is 19.4 Å². The molecule has 2 aromatic carbocycles. The van der Waals surface area contributed by atoms with E-state index < -0.39 is 11.9 Å². The second-order valence-corrected chi connectivity index (χ2v) is 15.8. The molecular formula is C44H58N8O5. The maximum atomic E-state index is 13.0. The quantitative estimate of drug-likeness (QED) is 0.0556. The van der Waals surface area contributed by atoms with Gasteiger partial charge in [0.15, 0.2) is 0 Å². The average molecular weight is 779 g/mol. The molecule has 0 bridgehead atoms. The third-order valence-electron chi connectivity index (χ3n) is 11.6. The average Bonchev–Trinajstić information content (AvgIpc) is 3.71. The first-order valence-electron chi connectivity index (χ1n) is 21.0. The number of anilines is 1. The maximum absolute atomic E-state index is 13.0. The fraction of sp³-hybridized carbons (Fsp3) is 0.523. The Morgan fingerprint density at radius 3 is 2.44 bits per heavy atom. The number of aromatic nitrogens is 5. The van der Waals surface area contributed by atoms with Crippen LogP contribution in [0.2, 0.25) is 0 Å². The minimum atomic E-state index is -0.671. The summed E-state index contributed by atoms with van der Waals surface area (Å²) in [5.74, 6) is -0.0380. The molecule has 57 heavy (non-hydrogen) atoms. The number of imide groups is 1. The van der Waals surface area contributed by atoms with Crippen molar-refractivity contribution in [3.05, 3.63) is 76.5 Å². The van der Waals surface area contributed by atoms with E-state index >= 15 is 0 Å². The van der Waals surface area contributed by atoms with Crippen molar-refractivity contribution in [1.82, 2.24) is 34.3 Å². The Morgan fingerprint density at radius 2 is 1.67 bits per heavy atom. The number of amides is 2. The van der Waals surface area contributed by atoms with Gasteiger partial charge in [0, 0.05) is 69.2 Å². The molecule has 0 unspecified atom stereocenters. The zero-order valence-electron chi connectivity index (χ0n) is 33.5. The summed E-state index contributed by atoms with van der Waals surface area (Å²) in [5.41, 5.74) is 6.90. The van der Waals surface area contributed by atoms with Gasteiger partial charge < -0.3 is 25.0 Å². The highest BCUT2D eigenvalue weighted by Gasteiger charge is 2.31. The fourth-order valence-electron chi connectivity index (χ4n) is 8.25. The van der Waals surface area contributed by atoms with Crippen molar-refractivity contribution in [3.63, 3.8) is 0 Å². The van der Waals surface area contributed by atoms with Crippen LogP contribution in [0.3, 0.4) is 0 Å². The number of unbranched alkanes of at least 4 members (excludes halogenated alkanes) is 3. The van der Waals surface area contributed by atoms with Gasteiger partial charge in [-0.2, -0.15) is 4.98 Å². The lowest BCUT2D eigenvalue weighted by Crippen LogP contribution is -2.44. The molecule has 1 saturated heterocycles. The van der Waals surface area contributed by atoms with Crippen LogP contribution in [0.5, 0.6) is 0 Å². The molecule has 2 aliphatic rings. The molecule has 1 saturated carbocycles. The number of benzene rings is 2. The van der Waals surface area contributed by atoms with Gasteiger partial charge in [0.25, 0.3) is 0 Å². The molecule has 5 aromatic rings. The van der Waals surface area contributed by atoms with Gasteiger partial charge in [-0.15, -0.1) is 0 Å². The predicted molar refractivity (Wildman–Crippen MR) is 223 cm³/mol. The van der Waals surface area contributed by atoms with Gasteiger partial charge in [0.05, 0.1) is 17.1 Å². The Bertz CT molecular complexity index is 2200. The largest absolute Gasteiger partial charge is 0.393 e. The van der Waals surface area contributed by atoms with Crippen molar-refractivity contribution in [2.24, 2.45) is 7.05 Å². The summed E-state index contributed by atoms with van der Waals surface area (Å²) in [6.07, 6.45) is 15.1. The topological polar surface area (TPSA) is 157 Å². The molecule has 3 aromatic heterocycles. The fourth-order valence-corrected chi connectivity index (χ4v) is 8.25. The number of rotatable bonds is 19. The molecule has 1 aliphatic heterocycles. The monoisotopic (exact) mass is 778 g/mol. The summed E-state index contributed by atoms with van der Waals surface area (Å²) in [4.78, 5) is 46.7. The van der Waals surface area contributed by atoms with Crippen LogP contribution in [0.25, 0.3) is 33.2 Å². The molecule has 4 N–H and O–H groups in total. The molecular weight excluding hydrogens is 721 g/mol. The molecule has 13 nitrogen and oxygen atoms in total. The zero-order valence-corrected chi connectivity index (χ0v) is 33.5. The molecule has 2 fully saturated rings. The summed E-state index contributed by atoms with van der Waals surface area (Å²) < 4.78 is 11.4. The number of imidazole rings is 1. The highest BCUT2D eigenvalue weighted by Crippen LogP contribution is 2.37. The number of fused-ring (bicyclic) bond motifs is 2. The summed E-state index contributed by atoms with van der Waals surface area (Å²) in [7, 11) is 1.73. The Labute approximate surface area is 334 Å². The van der Waals surface area contributed by atoms with Crippen LogP contribution >= 0.6 is 0 Å². The van der Waals surface area contributed by atoms with E-state index in [9.17, 15) is 19.5 Å². The molecule has 0 radical (unpaired) electrons. The van der Waals surface area contributed by atoms with E-state index in [2.05, 4.69) is 62.9 Å². The van der Waals surface area contributed by atoms with Gasteiger partial charge in [-0.25, -0.2) is 9.78 Å². The Kier molecular flexibility index (Phi) is 13.5. The number of carbonyl (C=O) groups excluding carboxylic acids is 2. The Hall–Kier alpha value is -4.85. The molecule has 13 heteroatoms. The summed E-state index contributed by atoms with van der Waals surface area (Å²) in [5, 5.41) is 20.5. The van der Waals surface area contributed by atoms with Crippen LogP contribution in [0.1, 0.15) is 107 Å². The van der Waals surface area contributed by atoms with Crippen LogP contribution in [-0.2, 0) is 34.3 Å². The van der Waals surface area contributed by atoms with E-state index in [4.69, 9.17) is 9.72 Å². The maximum Gasteiger partial charge on any atom is 0.329 e. The van der Waals surface area contributed by atoms with E-state index in [0.29, 0.717) is 23.9 Å². The lowest BCUT2D eigenvalue weighted by Gasteiger charge is -2.27. The first-order chi connectivity index (χ1) is 27.8. The van der Waals surface area contributed by atoms with Gasteiger partial charge in [-0.05, 0) is 106 Å². The standard InChI is InChI=1S/C44H58N8O5/c1-3-4-23-46-43-47-28-35-36(29-51(41(35)49-43)33-15-17-34(53)18-16-33)32-13-10-31(11-14-32)27-45-22-6-8-25-57-24-7-5-9-30-12-19-37-39(26-30)50(2)44(56)52(37)38-20-21-40(54)48-42(38)55/h10-14,19,26,28-29,33-34,38,45,53H,3-9,15-18,20-25,27H2,1-2H3,(H,46,47,49)(H,48,54,55)/t33?,34?,38-/m0/s1. The van der Waals surface area contributed by atoms with Crippen LogP contribution in [-0.4, -0.2) is 73.0 Å². The number of piperidine rings is 1. The van der Waals surface area contributed by atoms with Gasteiger partial charge in [0.2, 0.25) is 17.8 Å². The molecule has 0 spiro atoms. The molecule has 1 aliphatic carbocycles. The van der Waals surface area contributed by atoms with Crippen LogP contribution in [0.15, 0.2) is 59.7 Å². The normalized spacial score (nSPS) is 18.8. The van der Waals surface area contributed by atoms with E-state index in [1.54, 1.807) is 11.6 Å². The SMILES string of the molecule is CCCCNc1ncc2c(-c3ccc(CNCCCCOCCCCc4ccc5c(c4)n(C)c(=O)n5[C@H]4CCC(=O)NC4=O)cc3)cn(C3CCC(O)CC3)c2n1. The van der Waals surface area contributed by atoms with Gasteiger partial charge in [-0.1, -0.05) is 43.7 Å². The van der Waals surface area contributed by atoms with Crippen LogP contribution in [0, 0.1) is 0 Å². The van der Waals surface area contributed by atoms with E-state index in [0.717, 1.165) is 137 Å². The minimum Gasteiger partial charge on any atom is -0.393 e. The zero-order chi connectivity index (χ0) is 39.7. The third kappa shape index (κ3) is 9.65. The Morgan fingerprint density at radius 1 is 0.895 bits per heavy atom. The highest BCUT2D eigenvalue weighted by atomic mass is 16.5. The number of aliphatic hydroxyl groups is 1. The van der Waals surface area contributed by atoms with E-state index in [1.165, 1.54) is 10.1 Å². The minimum absolute atomic E-state index is 0.201. The third-order valence-corrected chi connectivity index (χ3v) is 11.6. The van der Waals surface area contributed by atoms with Crippen LogP contribution in [0.4, 0.5) is 5.95 Å². The molecule has 4 heterocycles. The second-order valence-electron chi connectivity index (χ2n) is 15.8. The molecule has 304 valence electrons.